The summed E-state index contributed by atoms with van der Waals surface area (Å²) >= 11 is 0. The smallest absolute Gasteiger partial charge is 0.337 e. The van der Waals surface area contributed by atoms with Crippen LogP contribution >= 0.6 is 0 Å². The third-order valence-electron chi connectivity index (χ3n) is 4.58. The van der Waals surface area contributed by atoms with E-state index in [1.165, 1.54) is 14.2 Å². The molecule has 0 radical (unpaired) electrons. The van der Waals surface area contributed by atoms with Crippen molar-refractivity contribution in [3.63, 3.8) is 0 Å². The molecule has 148 valence electrons. The van der Waals surface area contributed by atoms with E-state index in [4.69, 9.17) is 14.7 Å². The number of nitriles is 1. The molecule has 5 heteroatoms. The molecule has 0 aliphatic heterocycles. The molecule has 0 fully saturated rings. The summed E-state index contributed by atoms with van der Waals surface area (Å²) in [4.78, 5) is 23.4. The van der Waals surface area contributed by atoms with E-state index < -0.39 is 11.9 Å². The number of ether oxygens (including phenoxy) is 2. The van der Waals surface area contributed by atoms with Gasteiger partial charge in [-0.05, 0) is 64.7 Å². The van der Waals surface area contributed by atoms with Crippen LogP contribution in [0.1, 0.15) is 43.0 Å². The topological polar surface area (TPSA) is 76.4 Å². The quantitative estimate of drug-likeness (QED) is 0.460. The summed E-state index contributed by atoms with van der Waals surface area (Å²) in [6.45, 7) is 0. The van der Waals surface area contributed by atoms with Gasteiger partial charge >= 0.3 is 11.9 Å². The summed E-state index contributed by atoms with van der Waals surface area (Å²) in [5.41, 5.74) is 5.10. The van der Waals surface area contributed by atoms with Crippen molar-refractivity contribution in [1.29, 1.82) is 5.26 Å². The second-order valence-corrected chi connectivity index (χ2v) is 6.43. The van der Waals surface area contributed by atoms with Gasteiger partial charge in [0.2, 0.25) is 0 Å². The number of carbonyl (C=O) groups is 2. The fourth-order valence-electron chi connectivity index (χ4n) is 2.96. The van der Waals surface area contributed by atoms with E-state index in [-0.39, 0.29) is 0 Å². The van der Waals surface area contributed by atoms with Gasteiger partial charge in [0.25, 0.3) is 0 Å². The predicted molar refractivity (Wildman–Crippen MR) is 114 cm³/mol. The van der Waals surface area contributed by atoms with Gasteiger partial charge in [0.15, 0.2) is 0 Å². The number of esters is 2. The first kappa shape index (κ1) is 20.6. The molecular weight excluding hydrogens is 378 g/mol. The fraction of sp³-hybridized carbons (Fsp3) is 0.0800. The van der Waals surface area contributed by atoms with Crippen molar-refractivity contribution in [2.75, 3.05) is 14.2 Å². The lowest BCUT2D eigenvalue weighted by Crippen LogP contribution is -2.01. The molecule has 0 spiro atoms. The Hall–Kier alpha value is -4.17. The van der Waals surface area contributed by atoms with Gasteiger partial charge in [-0.25, -0.2) is 9.59 Å². The highest BCUT2D eigenvalue weighted by Crippen LogP contribution is 2.27. The second-order valence-electron chi connectivity index (χ2n) is 6.43. The first-order chi connectivity index (χ1) is 14.5. The Kier molecular flexibility index (Phi) is 6.41. The summed E-state index contributed by atoms with van der Waals surface area (Å²) in [6, 6.07) is 23.6. The Morgan fingerprint density at radius 2 is 1.10 bits per heavy atom. The Morgan fingerprint density at radius 1 is 0.700 bits per heavy atom. The van der Waals surface area contributed by atoms with Crippen molar-refractivity contribution < 1.29 is 19.1 Å². The van der Waals surface area contributed by atoms with Crippen LogP contribution in [0, 0.1) is 11.3 Å². The highest BCUT2D eigenvalue weighted by atomic mass is 16.5. The lowest BCUT2D eigenvalue weighted by molar-refractivity contribution is 0.0592. The van der Waals surface area contributed by atoms with Gasteiger partial charge in [-0.1, -0.05) is 36.4 Å². The molecule has 0 bridgehead atoms. The fourth-order valence-corrected chi connectivity index (χ4v) is 2.96. The molecule has 0 aliphatic rings. The first-order valence-electron chi connectivity index (χ1n) is 9.15. The first-order valence-corrected chi connectivity index (χ1v) is 9.15. The van der Waals surface area contributed by atoms with E-state index >= 15 is 0 Å². The van der Waals surface area contributed by atoms with Crippen molar-refractivity contribution in [3.05, 3.63) is 106 Å². The molecule has 0 amide bonds. The molecular formula is C25H19NO4. The van der Waals surface area contributed by atoms with E-state index in [2.05, 4.69) is 6.07 Å². The van der Waals surface area contributed by atoms with Crippen molar-refractivity contribution in [2.24, 2.45) is 0 Å². The van der Waals surface area contributed by atoms with Gasteiger partial charge in [0.1, 0.15) is 0 Å². The van der Waals surface area contributed by atoms with Crippen LogP contribution in [0.15, 0.2) is 72.8 Å². The number of hydrogen-bond donors (Lipinski definition) is 0. The average Bonchev–Trinajstić information content (AvgIpc) is 2.82. The molecule has 3 rings (SSSR count). The van der Waals surface area contributed by atoms with Gasteiger partial charge in [-0.15, -0.1) is 0 Å². The molecule has 0 atom stereocenters. The van der Waals surface area contributed by atoms with Crippen molar-refractivity contribution in [2.45, 2.75) is 0 Å². The molecule has 5 nitrogen and oxygen atoms in total. The van der Waals surface area contributed by atoms with Crippen molar-refractivity contribution >= 4 is 23.6 Å². The standard InChI is InChI=1S/C25H19NO4/c1-29-24(27)21-9-3-17(4-10-21)15-23(19-7-5-18(16-26)6-8-19)20-11-13-22(14-12-20)25(28)30-2/h3-15H,1-2H3/b23-15-. The van der Waals surface area contributed by atoms with Crippen LogP contribution in [0.4, 0.5) is 0 Å². The van der Waals surface area contributed by atoms with Crippen LogP contribution in [0.2, 0.25) is 0 Å². The minimum absolute atomic E-state index is 0.392. The van der Waals surface area contributed by atoms with Crippen molar-refractivity contribution in [1.82, 2.24) is 0 Å². The Labute approximate surface area is 174 Å². The second kappa shape index (κ2) is 9.35. The Balaban J connectivity index is 2.05. The minimum Gasteiger partial charge on any atom is -0.465 e. The van der Waals surface area contributed by atoms with Gasteiger partial charge in [-0.2, -0.15) is 5.26 Å². The third kappa shape index (κ3) is 4.62. The molecule has 0 aromatic heterocycles. The van der Waals surface area contributed by atoms with Gasteiger partial charge in [-0.3, -0.25) is 0 Å². The lowest BCUT2D eigenvalue weighted by Gasteiger charge is -2.10. The maximum Gasteiger partial charge on any atom is 0.337 e. The van der Waals surface area contributed by atoms with Crippen LogP contribution in [0.25, 0.3) is 11.6 Å². The lowest BCUT2D eigenvalue weighted by atomic mass is 9.94. The Morgan fingerprint density at radius 3 is 1.53 bits per heavy atom. The zero-order valence-electron chi connectivity index (χ0n) is 16.6. The maximum atomic E-state index is 11.7. The van der Waals surface area contributed by atoms with Crippen molar-refractivity contribution in [3.8, 4) is 6.07 Å². The van der Waals surface area contributed by atoms with Crippen LogP contribution < -0.4 is 0 Å². The summed E-state index contributed by atoms with van der Waals surface area (Å²) in [7, 11) is 2.69. The number of methoxy groups -OCH3 is 2. The molecule has 0 heterocycles. The molecule has 0 saturated heterocycles. The Bertz CT molecular complexity index is 1120. The van der Waals surface area contributed by atoms with E-state index in [1.807, 2.05) is 42.5 Å². The molecule has 0 unspecified atom stereocenters. The SMILES string of the molecule is COC(=O)c1ccc(/C=C(/c2ccc(C#N)cc2)c2ccc(C(=O)OC)cc2)cc1. The molecule has 0 saturated carbocycles. The summed E-state index contributed by atoms with van der Waals surface area (Å²) in [5, 5.41) is 9.07. The zero-order chi connectivity index (χ0) is 21.5. The van der Waals surface area contributed by atoms with Crippen LogP contribution in [-0.2, 0) is 9.47 Å². The predicted octanol–water partition coefficient (Wildman–Crippen LogP) is 4.72. The van der Waals surface area contributed by atoms with E-state index in [0.717, 1.165) is 22.3 Å². The molecule has 0 aliphatic carbocycles. The van der Waals surface area contributed by atoms with E-state index in [1.54, 1.807) is 36.4 Å². The summed E-state index contributed by atoms with van der Waals surface area (Å²) in [6.07, 6.45) is 1.98. The highest BCUT2D eigenvalue weighted by Gasteiger charge is 2.10. The summed E-state index contributed by atoms with van der Waals surface area (Å²) < 4.78 is 9.50. The third-order valence-corrected chi connectivity index (χ3v) is 4.58. The van der Waals surface area contributed by atoms with E-state index in [9.17, 15) is 9.59 Å². The average molecular weight is 397 g/mol. The maximum absolute atomic E-state index is 11.7. The number of hydrogen-bond acceptors (Lipinski definition) is 5. The largest absolute Gasteiger partial charge is 0.465 e. The normalized spacial score (nSPS) is 10.8. The monoisotopic (exact) mass is 397 g/mol. The minimum atomic E-state index is -0.399. The summed E-state index contributed by atoms with van der Waals surface area (Å²) in [5.74, 6) is -0.792. The van der Waals surface area contributed by atoms with Gasteiger partial charge in [0, 0.05) is 0 Å². The number of carbonyl (C=O) groups excluding carboxylic acids is 2. The van der Waals surface area contributed by atoms with Crippen LogP contribution in [-0.4, -0.2) is 26.2 Å². The highest BCUT2D eigenvalue weighted by molar-refractivity contribution is 5.94. The number of rotatable bonds is 5. The molecule has 30 heavy (non-hydrogen) atoms. The molecule has 0 N–H and O–H groups in total. The van der Waals surface area contributed by atoms with Crippen LogP contribution in [0.5, 0.6) is 0 Å². The zero-order valence-corrected chi connectivity index (χ0v) is 16.6. The number of benzene rings is 3. The van der Waals surface area contributed by atoms with Crippen LogP contribution in [0.3, 0.4) is 0 Å². The van der Waals surface area contributed by atoms with Gasteiger partial charge < -0.3 is 9.47 Å². The van der Waals surface area contributed by atoms with E-state index in [0.29, 0.717) is 16.7 Å². The molecule has 3 aromatic rings. The number of nitrogens with zero attached hydrogens (tertiary/aromatic N) is 1. The molecule has 3 aromatic carbocycles. The van der Waals surface area contributed by atoms with Gasteiger partial charge in [0.05, 0.1) is 37.0 Å².